The standard InChI is InChI=1S/C11H16BrN3O/c1-2-16-11-7-13-6-10(14-11)15-5-3-4-9(12)8-15/h6-7,9H,2-5,8H2,1H3. The normalized spacial score (nSPS) is 20.9. The molecule has 0 aromatic carbocycles. The molecule has 0 bridgehead atoms. The summed E-state index contributed by atoms with van der Waals surface area (Å²) in [5, 5.41) is 0. The van der Waals surface area contributed by atoms with Crippen LogP contribution in [0.5, 0.6) is 5.88 Å². The van der Waals surface area contributed by atoms with Crippen LogP contribution >= 0.6 is 15.9 Å². The highest BCUT2D eigenvalue weighted by Crippen LogP contribution is 2.22. The molecule has 1 atom stereocenters. The van der Waals surface area contributed by atoms with Crippen LogP contribution in [0.1, 0.15) is 19.8 Å². The van der Waals surface area contributed by atoms with Gasteiger partial charge in [-0.3, -0.25) is 4.98 Å². The van der Waals surface area contributed by atoms with Gasteiger partial charge in [-0.1, -0.05) is 15.9 Å². The fourth-order valence-corrected chi connectivity index (χ4v) is 2.51. The van der Waals surface area contributed by atoms with Gasteiger partial charge in [0.1, 0.15) is 0 Å². The second-order valence-corrected chi connectivity index (χ2v) is 5.13. The van der Waals surface area contributed by atoms with Crippen molar-refractivity contribution in [1.29, 1.82) is 0 Å². The molecule has 2 heterocycles. The van der Waals surface area contributed by atoms with E-state index >= 15 is 0 Å². The molecule has 4 nitrogen and oxygen atoms in total. The Hall–Kier alpha value is -0.840. The van der Waals surface area contributed by atoms with E-state index < -0.39 is 0 Å². The Balaban J connectivity index is 2.09. The highest BCUT2D eigenvalue weighted by atomic mass is 79.9. The largest absolute Gasteiger partial charge is 0.477 e. The highest BCUT2D eigenvalue weighted by Gasteiger charge is 2.19. The van der Waals surface area contributed by atoms with Crippen molar-refractivity contribution < 1.29 is 4.74 Å². The molecule has 2 rings (SSSR count). The summed E-state index contributed by atoms with van der Waals surface area (Å²) >= 11 is 3.65. The smallest absolute Gasteiger partial charge is 0.234 e. The van der Waals surface area contributed by atoms with E-state index in [1.54, 1.807) is 12.4 Å². The number of piperidine rings is 1. The zero-order chi connectivity index (χ0) is 11.4. The summed E-state index contributed by atoms with van der Waals surface area (Å²) in [6, 6.07) is 0. The van der Waals surface area contributed by atoms with Gasteiger partial charge in [0.05, 0.1) is 19.0 Å². The number of alkyl halides is 1. The molecule has 5 heteroatoms. The number of rotatable bonds is 3. The van der Waals surface area contributed by atoms with Crippen LogP contribution < -0.4 is 9.64 Å². The molecule has 0 saturated carbocycles. The van der Waals surface area contributed by atoms with E-state index in [2.05, 4.69) is 30.8 Å². The molecule has 1 aromatic heterocycles. The molecule has 1 aromatic rings. The first kappa shape index (κ1) is 11.6. The van der Waals surface area contributed by atoms with E-state index in [9.17, 15) is 0 Å². The summed E-state index contributed by atoms with van der Waals surface area (Å²) in [6.07, 6.45) is 5.88. The van der Waals surface area contributed by atoms with Crippen molar-refractivity contribution in [3.8, 4) is 5.88 Å². The Kier molecular flexibility index (Phi) is 3.98. The lowest BCUT2D eigenvalue weighted by Gasteiger charge is -2.30. The minimum absolute atomic E-state index is 0.554. The molecule has 1 aliphatic heterocycles. The first-order valence-electron chi connectivity index (χ1n) is 5.63. The van der Waals surface area contributed by atoms with Crippen molar-refractivity contribution in [1.82, 2.24) is 9.97 Å². The Morgan fingerprint density at radius 3 is 3.19 bits per heavy atom. The first-order valence-corrected chi connectivity index (χ1v) is 6.55. The van der Waals surface area contributed by atoms with Crippen LogP contribution in [-0.4, -0.2) is 34.5 Å². The zero-order valence-corrected chi connectivity index (χ0v) is 11.0. The van der Waals surface area contributed by atoms with E-state index in [1.807, 2.05) is 6.92 Å². The average Bonchev–Trinajstić information content (AvgIpc) is 2.30. The van der Waals surface area contributed by atoms with Crippen molar-refractivity contribution in [3.63, 3.8) is 0 Å². The predicted octanol–water partition coefficient (Wildman–Crippen LogP) is 2.24. The number of aromatic nitrogens is 2. The van der Waals surface area contributed by atoms with E-state index in [1.165, 1.54) is 12.8 Å². The molecule has 1 fully saturated rings. The summed E-state index contributed by atoms with van der Waals surface area (Å²) < 4.78 is 5.35. The van der Waals surface area contributed by atoms with Gasteiger partial charge in [0, 0.05) is 17.9 Å². The molecule has 88 valence electrons. The van der Waals surface area contributed by atoms with Crippen LogP contribution in [0, 0.1) is 0 Å². The molecule has 0 spiro atoms. The number of anilines is 1. The van der Waals surface area contributed by atoms with E-state index in [0.717, 1.165) is 18.9 Å². The maximum atomic E-state index is 5.35. The lowest BCUT2D eigenvalue weighted by Crippen LogP contribution is -2.36. The van der Waals surface area contributed by atoms with Crippen molar-refractivity contribution in [2.75, 3.05) is 24.6 Å². The third-order valence-corrected chi connectivity index (χ3v) is 3.33. The Morgan fingerprint density at radius 2 is 2.44 bits per heavy atom. The summed E-state index contributed by atoms with van der Waals surface area (Å²) in [4.78, 5) is 11.4. The van der Waals surface area contributed by atoms with Gasteiger partial charge in [0.2, 0.25) is 5.88 Å². The van der Waals surface area contributed by atoms with Gasteiger partial charge in [0.25, 0.3) is 0 Å². The number of nitrogens with zero attached hydrogens (tertiary/aromatic N) is 3. The van der Waals surface area contributed by atoms with E-state index in [4.69, 9.17) is 4.74 Å². The predicted molar refractivity (Wildman–Crippen MR) is 67.4 cm³/mol. The van der Waals surface area contributed by atoms with Gasteiger partial charge in [-0.15, -0.1) is 0 Å². The SMILES string of the molecule is CCOc1cncc(N2CCCC(Br)C2)n1. The monoisotopic (exact) mass is 285 g/mol. The van der Waals surface area contributed by atoms with Crippen molar-refractivity contribution in [2.45, 2.75) is 24.6 Å². The van der Waals surface area contributed by atoms with Gasteiger partial charge < -0.3 is 9.64 Å². The molecular weight excluding hydrogens is 270 g/mol. The highest BCUT2D eigenvalue weighted by molar-refractivity contribution is 9.09. The van der Waals surface area contributed by atoms with Crippen LogP contribution in [0.15, 0.2) is 12.4 Å². The van der Waals surface area contributed by atoms with Crippen LogP contribution in [0.3, 0.4) is 0 Å². The summed E-state index contributed by atoms with van der Waals surface area (Å²) in [5.41, 5.74) is 0. The maximum Gasteiger partial charge on any atom is 0.234 e. The summed E-state index contributed by atoms with van der Waals surface area (Å²) in [7, 11) is 0. The van der Waals surface area contributed by atoms with Crippen LogP contribution in [0.4, 0.5) is 5.82 Å². The molecule has 1 saturated heterocycles. The number of ether oxygens (including phenoxy) is 1. The van der Waals surface area contributed by atoms with Crippen molar-refractivity contribution in [2.24, 2.45) is 0 Å². The third kappa shape index (κ3) is 2.84. The maximum absolute atomic E-state index is 5.35. The number of halogens is 1. The van der Waals surface area contributed by atoms with Crippen LogP contribution in [-0.2, 0) is 0 Å². The van der Waals surface area contributed by atoms with Gasteiger partial charge in [-0.25, -0.2) is 0 Å². The minimum atomic E-state index is 0.554. The first-order chi connectivity index (χ1) is 7.79. The molecule has 1 aliphatic rings. The van der Waals surface area contributed by atoms with E-state index in [-0.39, 0.29) is 0 Å². The lowest BCUT2D eigenvalue weighted by molar-refractivity contribution is 0.325. The zero-order valence-electron chi connectivity index (χ0n) is 9.40. The Labute approximate surface area is 104 Å². The molecular formula is C11H16BrN3O. The van der Waals surface area contributed by atoms with Crippen molar-refractivity contribution in [3.05, 3.63) is 12.4 Å². The van der Waals surface area contributed by atoms with Gasteiger partial charge in [0.15, 0.2) is 5.82 Å². The van der Waals surface area contributed by atoms with Gasteiger partial charge in [-0.2, -0.15) is 4.98 Å². The second kappa shape index (κ2) is 5.48. The fraction of sp³-hybridized carbons (Fsp3) is 0.636. The minimum Gasteiger partial charge on any atom is -0.477 e. The van der Waals surface area contributed by atoms with Crippen LogP contribution in [0.2, 0.25) is 0 Å². The summed E-state index contributed by atoms with van der Waals surface area (Å²) in [6.45, 7) is 4.61. The fourth-order valence-electron chi connectivity index (χ4n) is 1.84. The van der Waals surface area contributed by atoms with Gasteiger partial charge in [-0.05, 0) is 19.8 Å². The molecule has 0 aliphatic carbocycles. The van der Waals surface area contributed by atoms with Crippen molar-refractivity contribution >= 4 is 21.7 Å². The average molecular weight is 286 g/mol. The molecule has 16 heavy (non-hydrogen) atoms. The number of hydrogen-bond donors (Lipinski definition) is 0. The van der Waals surface area contributed by atoms with Gasteiger partial charge >= 0.3 is 0 Å². The lowest BCUT2D eigenvalue weighted by atomic mass is 10.1. The topological polar surface area (TPSA) is 38.2 Å². The third-order valence-electron chi connectivity index (χ3n) is 2.58. The molecule has 0 amide bonds. The van der Waals surface area contributed by atoms with E-state index in [0.29, 0.717) is 17.3 Å². The van der Waals surface area contributed by atoms with Crippen LogP contribution in [0.25, 0.3) is 0 Å². The Bertz CT molecular complexity index is 348. The summed E-state index contributed by atoms with van der Waals surface area (Å²) in [5.74, 6) is 1.52. The molecule has 0 N–H and O–H groups in total. The quantitative estimate of drug-likeness (QED) is 0.799. The second-order valence-electron chi connectivity index (χ2n) is 3.83. The Morgan fingerprint density at radius 1 is 1.56 bits per heavy atom. The molecule has 1 unspecified atom stereocenters. The number of hydrogen-bond acceptors (Lipinski definition) is 4. The molecule has 0 radical (unpaired) electrons.